The van der Waals surface area contributed by atoms with Crippen LogP contribution in [0.1, 0.15) is 29.3 Å². The van der Waals surface area contributed by atoms with Gasteiger partial charge in [-0.1, -0.05) is 11.6 Å². The number of aliphatic hydroxyl groups is 1. The summed E-state index contributed by atoms with van der Waals surface area (Å²) in [6.45, 7) is 5.42. The van der Waals surface area contributed by atoms with E-state index >= 15 is 0 Å². The van der Waals surface area contributed by atoms with Gasteiger partial charge in [0.15, 0.2) is 0 Å². The van der Waals surface area contributed by atoms with Gasteiger partial charge in [-0.05, 0) is 43.7 Å². The Labute approximate surface area is 153 Å². The van der Waals surface area contributed by atoms with E-state index < -0.39 is 5.60 Å². The Bertz CT molecular complexity index is 958. The van der Waals surface area contributed by atoms with Crippen LogP contribution in [0.4, 0.5) is 0 Å². The van der Waals surface area contributed by atoms with Crippen molar-refractivity contribution in [1.29, 1.82) is 0 Å². The van der Waals surface area contributed by atoms with Crippen LogP contribution in [0.3, 0.4) is 0 Å². The first-order valence-corrected chi connectivity index (χ1v) is 9.06. The number of nitrogens with zero attached hydrogens (tertiary/aromatic N) is 3. The second-order valence-electron chi connectivity index (χ2n) is 7.97. The molecule has 1 N–H and O–H groups in total. The molecule has 4 rings (SSSR count). The molecule has 0 bridgehead atoms. The zero-order valence-electron chi connectivity index (χ0n) is 15.6. The quantitative estimate of drug-likeness (QED) is 0.582. The SMILES string of the molecule is Cc1ccc2c(c1)c1c(n2CC(C)(O)c2ccncc2)CC[N+](C)([O-])C1. The Morgan fingerprint density at radius 3 is 2.73 bits per heavy atom. The molecule has 0 radical (unpaired) electrons. The average molecular weight is 351 g/mol. The van der Waals surface area contributed by atoms with E-state index in [1.807, 2.05) is 19.1 Å². The molecular weight excluding hydrogens is 326 g/mol. The van der Waals surface area contributed by atoms with Gasteiger partial charge in [-0.25, -0.2) is 0 Å². The van der Waals surface area contributed by atoms with Crippen molar-refractivity contribution in [3.63, 3.8) is 0 Å². The van der Waals surface area contributed by atoms with Crippen molar-refractivity contribution in [1.82, 2.24) is 9.55 Å². The molecule has 0 saturated heterocycles. The average Bonchev–Trinajstić information content (AvgIpc) is 2.87. The van der Waals surface area contributed by atoms with E-state index in [0.29, 0.717) is 19.6 Å². The third-order valence-corrected chi connectivity index (χ3v) is 5.52. The van der Waals surface area contributed by atoms with Gasteiger partial charge in [0.05, 0.1) is 20.1 Å². The molecule has 0 aliphatic carbocycles. The number of rotatable bonds is 3. The molecule has 1 aliphatic rings. The third kappa shape index (κ3) is 2.92. The molecule has 5 nitrogen and oxygen atoms in total. The van der Waals surface area contributed by atoms with Crippen LogP contribution in [0.25, 0.3) is 10.9 Å². The highest BCUT2D eigenvalue weighted by atomic mass is 16.5. The van der Waals surface area contributed by atoms with Crippen LogP contribution < -0.4 is 0 Å². The number of fused-ring (bicyclic) bond motifs is 3. The first-order valence-electron chi connectivity index (χ1n) is 9.06. The van der Waals surface area contributed by atoms with E-state index in [9.17, 15) is 10.3 Å². The van der Waals surface area contributed by atoms with Gasteiger partial charge in [-0.15, -0.1) is 0 Å². The fourth-order valence-electron chi connectivity index (χ4n) is 4.10. The molecule has 1 aliphatic heterocycles. The van der Waals surface area contributed by atoms with E-state index in [2.05, 4.69) is 34.7 Å². The van der Waals surface area contributed by atoms with E-state index in [4.69, 9.17) is 0 Å². The predicted molar refractivity (Wildman–Crippen MR) is 102 cm³/mol. The summed E-state index contributed by atoms with van der Waals surface area (Å²) in [6, 6.07) is 10.1. The summed E-state index contributed by atoms with van der Waals surface area (Å²) in [5.41, 5.74) is 4.43. The summed E-state index contributed by atoms with van der Waals surface area (Å²) >= 11 is 0. The number of pyridine rings is 1. The molecule has 3 aromatic rings. The van der Waals surface area contributed by atoms with Gasteiger partial charge in [0, 0.05) is 41.0 Å². The number of quaternary nitrogens is 1. The molecule has 2 atom stereocenters. The highest BCUT2D eigenvalue weighted by Crippen LogP contribution is 2.35. The zero-order valence-corrected chi connectivity index (χ0v) is 15.6. The number of aromatic nitrogens is 2. The van der Waals surface area contributed by atoms with Crippen LogP contribution in [0.15, 0.2) is 42.7 Å². The lowest BCUT2D eigenvalue weighted by Crippen LogP contribution is -2.42. The minimum atomic E-state index is -1.01. The lowest BCUT2D eigenvalue weighted by atomic mass is 9.96. The molecule has 0 amide bonds. The van der Waals surface area contributed by atoms with Crippen molar-refractivity contribution in [3.8, 4) is 0 Å². The summed E-state index contributed by atoms with van der Waals surface area (Å²) in [7, 11) is 1.75. The Morgan fingerprint density at radius 2 is 2.00 bits per heavy atom. The summed E-state index contributed by atoms with van der Waals surface area (Å²) < 4.78 is 1.98. The zero-order chi connectivity index (χ0) is 18.5. The molecule has 136 valence electrons. The Hall–Kier alpha value is -2.21. The fraction of sp³-hybridized carbons (Fsp3) is 0.381. The molecule has 5 heteroatoms. The van der Waals surface area contributed by atoms with E-state index in [-0.39, 0.29) is 4.65 Å². The van der Waals surface area contributed by atoms with E-state index in [0.717, 1.165) is 28.5 Å². The molecule has 1 aromatic carbocycles. The molecule has 0 saturated carbocycles. The molecule has 0 fully saturated rings. The third-order valence-electron chi connectivity index (χ3n) is 5.52. The smallest absolute Gasteiger partial charge is 0.106 e. The molecule has 2 unspecified atom stereocenters. The monoisotopic (exact) mass is 351 g/mol. The minimum Gasteiger partial charge on any atom is -0.633 e. The minimum absolute atomic E-state index is 0.235. The Balaban J connectivity index is 1.86. The van der Waals surface area contributed by atoms with E-state index in [1.54, 1.807) is 19.4 Å². The van der Waals surface area contributed by atoms with Crippen molar-refractivity contribution in [2.45, 2.75) is 39.0 Å². The van der Waals surface area contributed by atoms with Gasteiger partial charge in [0.25, 0.3) is 0 Å². The second kappa shape index (κ2) is 5.91. The number of hydrogen-bond acceptors (Lipinski definition) is 3. The maximum absolute atomic E-state index is 12.6. The van der Waals surface area contributed by atoms with Crippen molar-refractivity contribution in [3.05, 3.63) is 70.3 Å². The largest absolute Gasteiger partial charge is 0.633 e. The summed E-state index contributed by atoms with van der Waals surface area (Å²) in [6.07, 6.45) is 4.14. The number of hydroxylamine groups is 3. The van der Waals surface area contributed by atoms with Crippen LogP contribution in [0.5, 0.6) is 0 Å². The number of likely N-dealkylation sites (N-methyl/N-ethyl adjacent to an activating group) is 1. The topological polar surface area (TPSA) is 61.1 Å². The highest BCUT2D eigenvalue weighted by molar-refractivity contribution is 5.86. The normalized spacial score (nSPS) is 22.2. The van der Waals surface area contributed by atoms with Gasteiger partial charge in [-0.2, -0.15) is 0 Å². The van der Waals surface area contributed by atoms with Gasteiger partial charge in [-0.3, -0.25) is 4.98 Å². The van der Waals surface area contributed by atoms with E-state index in [1.165, 1.54) is 11.3 Å². The lowest BCUT2D eigenvalue weighted by Gasteiger charge is -2.42. The van der Waals surface area contributed by atoms with Gasteiger partial charge >= 0.3 is 0 Å². The lowest BCUT2D eigenvalue weighted by molar-refractivity contribution is -0.876. The fourth-order valence-corrected chi connectivity index (χ4v) is 4.10. The van der Waals surface area contributed by atoms with Crippen LogP contribution in [0, 0.1) is 12.1 Å². The van der Waals surface area contributed by atoms with Crippen LogP contribution in [-0.2, 0) is 25.1 Å². The first kappa shape index (κ1) is 17.2. The molecule has 26 heavy (non-hydrogen) atoms. The maximum Gasteiger partial charge on any atom is 0.106 e. The Kier molecular flexibility index (Phi) is 3.91. The van der Waals surface area contributed by atoms with Crippen LogP contribution in [0.2, 0.25) is 0 Å². The predicted octanol–water partition coefficient (Wildman–Crippen LogP) is 3.25. The van der Waals surface area contributed by atoms with Crippen molar-refractivity contribution >= 4 is 10.9 Å². The number of aryl methyl sites for hydroxylation is 1. The van der Waals surface area contributed by atoms with Gasteiger partial charge < -0.3 is 19.5 Å². The maximum atomic E-state index is 12.6. The first-order chi connectivity index (χ1) is 12.3. The molecule has 0 spiro atoms. The number of benzene rings is 1. The second-order valence-corrected chi connectivity index (χ2v) is 7.97. The molecule has 3 heterocycles. The standard InChI is InChI=1S/C21H25N3O2/c1-15-4-5-19-17(12-15)18-13-24(3,26)11-8-20(18)23(19)14-21(2,25)16-6-9-22-10-7-16/h4-7,9-10,12,25H,8,11,13-14H2,1-3H3. The molecule has 2 aromatic heterocycles. The van der Waals surface area contributed by atoms with Crippen LogP contribution >= 0.6 is 0 Å². The molecular formula is C21H25N3O2. The summed E-state index contributed by atoms with van der Waals surface area (Å²) in [5, 5.41) is 24.9. The van der Waals surface area contributed by atoms with Crippen molar-refractivity contribution in [2.75, 3.05) is 13.6 Å². The summed E-state index contributed by atoms with van der Waals surface area (Å²) in [4.78, 5) is 4.05. The van der Waals surface area contributed by atoms with Crippen molar-refractivity contribution < 1.29 is 9.75 Å². The summed E-state index contributed by atoms with van der Waals surface area (Å²) in [5.74, 6) is 0. The number of hydrogen-bond donors (Lipinski definition) is 1. The van der Waals surface area contributed by atoms with Gasteiger partial charge in [0.1, 0.15) is 12.1 Å². The van der Waals surface area contributed by atoms with Crippen molar-refractivity contribution in [2.24, 2.45) is 0 Å². The highest BCUT2D eigenvalue weighted by Gasteiger charge is 2.31. The Morgan fingerprint density at radius 1 is 1.27 bits per heavy atom. The van der Waals surface area contributed by atoms with Crippen LogP contribution in [-0.4, -0.2) is 32.9 Å². The van der Waals surface area contributed by atoms with Gasteiger partial charge in [0.2, 0.25) is 0 Å².